The fourth-order valence-corrected chi connectivity index (χ4v) is 0. The van der Waals surface area contributed by atoms with Crippen LogP contribution in [-0.2, 0) is 0 Å². The van der Waals surface area contributed by atoms with Crippen molar-refractivity contribution in [1.82, 2.24) is 0 Å². The molecule has 40 valence electrons. The van der Waals surface area contributed by atoms with Crippen molar-refractivity contribution in [2.45, 2.75) is 27.2 Å². The third-order valence-electron chi connectivity index (χ3n) is 0.707. The SMILES string of the molecule is CC[C-](C)C.[I-].[Mg+2]. The first kappa shape index (κ1) is 15.8. The molecular formula is C5H11IMg. The molecule has 0 rings (SSSR count). The van der Waals surface area contributed by atoms with Gasteiger partial charge in [0.1, 0.15) is 0 Å². The van der Waals surface area contributed by atoms with Gasteiger partial charge in [-0.3, -0.25) is 0 Å². The molecule has 0 unspecified atom stereocenters. The Morgan fingerprint density at radius 1 is 1.29 bits per heavy atom. The summed E-state index contributed by atoms with van der Waals surface area (Å²) in [7, 11) is 0. The monoisotopic (exact) mass is 222 g/mol. The number of halogens is 1. The molecule has 0 radical (unpaired) electrons. The predicted octanol–water partition coefficient (Wildman–Crippen LogP) is -1.37. The van der Waals surface area contributed by atoms with Gasteiger partial charge in [-0.25, -0.2) is 0 Å². The van der Waals surface area contributed by atoms with Crippen LogP contribution in [0.2, 0.25) is 0 Å². The van der Waals surface area contributed by atoms with Gasteiger partial charge in [-0.1, -0.05) is 6.92 Å². The molecule has 0 N–H and O–H groups in total. The van der Waals surface area contributed by atoms with Crippen molar-refractivity contribution in [2.24, 2.45) is 0 Å². The van der Waals surface area contributed by atoms with E-state index in [0.717, 1.165) is 0 Å². The first-order valence-corrected chi connectivity index (χ1v) is 2.06. The zero-order chi connectivity index (χ0) is 4.28. The van der Waals surface area contributed by atoms with Crippen LogP contribution in [0.5, 0.6) is 0 Å². The molecule has 0 bridgehead atoms. The van der Waals surface area contributed by atoms with Crippen molar-refractivity contribution in [3.63, 3.8) is 0 Å². The summed E-state index contributed by atoms with van der Waals surface area (Å²) in [6.07, 6.45) is 1.22. The maximum atomic E-state index is 2.16. The van der Waals surface area contributed by atoms with E-state index in [1.807, 2.05) is 0 Å². The van der Waals surface area contributed by atoms with Gasteiger partial charge in [0.05, 0.1) is 0 Å². The summed E-state index contributed by atoms with van der Waals surface area (Å²) in [4.78, 5) is 0. The van der Waals surface area contributed by atoms with Crippen LogP contribution in [0, 0.1) is 5.92 Å². The van der Waals surface area contributed by atoms with Gasteiger partial charge in [0.25, 0.3) is 0 Å². The minimum absolute atomic E-state index is 0. The van der Waals surface area contributed by atoms with E-state index >= 15 is 0 Å². The molecule has 0 aliphatic rings. The molecule has 0 heterocycles. The van der Waals surface area contributed by atoms with Crippen molar-refractivity contribution in [3.8, 4) is 0 Å². The fraction of sp³-hybridized carbons (Fsp3) is 0.800. The normalized spacial score (nSPS) is 6.86. The standard InChI is InChI=1S/C5H11.HI.Mg/c1-4-5(2)3;;/h4H2,1-3H3;1H;/q-1;;+2/p-1. The van der Waals surface area contributed by atoms with Gasteiger partial charge in [0.15, 0.2) is 0 Å². The van der Waals surface area contributed by atoms with Crippen LogP contribution in [0.1, 0.15) is 27.2 Å². The summed E-state index contributed by atoms with van der Waals surface area (Å²) in [5, 5.41) is 0. The van der Waals surface area contributed by atoms with Crippen molar-refractivity contribution in [1.29, 1.82) is 0 Å². The Bertz CT molecular complexity index is 22.0. The van der Waals surface area contributed by atoms with Gasteiger partial charge in [-0.2, -0.15) is 20.3 Å². The van der Waals surface area contributed by atoms with Gasteiger partial charge in [-0.15, -0.1) is 0 Å². The van der Waals surface area contributed by atoms with Crippen molar-refractivity contribution in [2.75, 3.05) is 0 Å². The smallest absolute Gasteiger partial charge is 1.00 e. The van der Waals surface area contributed by atoms with Crippen LogP contribution in [0.3, 0.4) is 0 Å². The predicted molar refractivity (Wildman–Crippen MR) is 30.6 cm³/mol. The Hall–Kier alpha value is 1.50. The third kappa shape index (κ3) is 18.5. The van der Waals surface area contributed by atoms with Gasteiger partial charge in [-0.05, 0) is 0 Å². The average molecular weight is 222 g/mol. The maximum absolute atomic E-state index is 2.16. The molecule has 0 aromatic rings. The summed E-state index contributed by atoms with van der Waals surface area (Å²) in [5.74, 6) is 1.50. The second kappa shape index (κ2) is 10.5. The summed E-state index contributed by atoms with van der Waals surface area (Å²) in [6.45, 7) is 6.44. The molecule has 0 spiro atoms. The van der Waals surface area contributed by atoms with Crippen molar-refractivity contribution in [3.05, 3.63) is 5.92 Å². The zero-order valence-electron chi connectivity index (χ0n) is 5.29. The molecule has 0 saturated carbocycles. The average Bonchev–Trinajstić information content (AvgIpc) is 1.38. The Morgan fingerprint density at radius 2 is 1.43 bits per heavy atom. The molecule has 0 amide bonds. The van der Waals surface area contributed by atoms with Gasteiger partial charge in [0.2, 0.25) is 0 Å². The van der Waals surface area contributed by atoms with E-state index in [4.69, 9.17) is 0 Å². The van der Waals surface area contributed by atoms with E-state index in [1.165, 1.54) is 12.3 Å². The molecule has 0 saturated heterocycles. The first-order valence-electron chi connectivity index (χ1n) is 2.06. The summed E-state index contributed by atoms with van der Waals surface area (Å²) >= 11 is 0. The number of hydrogen-bond acceptors (Lipinski definition) is 0. The Morgan fingerprint density at radius 3 is 1.43 bits per heavy atom. The van der Waals surface area contributed by atoms with Crippen LogP contribution in [0.4, 0.5) is 0 Å². The number of rotatable bonds is 1. The van der Waals surface area contributed by atoms with Crippen molar-refractivity contribution >= 4 is 23.1 Å². The summed E-state index contributed by atoms with van der Waals surface area (Å²) < 4.78 is 0. The first-order chi connectivity index (χ1) is 2.27. The van der Waals surface area contributed by atoms with Crippen molar-refractivity contribution < 1.29 is 24.0 Å². The minimum atomic E-state index is 0. The second-order valence-corrected chi connectivity index (χ2v) is 1.56. The minimum Gasteiger partial charge on any atom is -1.00 e. The molecule has 0 aliphatic carbocycles. The van der Waals surface area contributed by atoms with Gasteiger partial charge < -0.3 is 29.9 Å². The van der Waals surface area contributed by atoms with E-state index < -0.39 is 0 Å². The van der Waals surface area contributed by atoms with Crippen LogP contribution >= 0.6 is 0 Å². The molecule has 0 aliphatic heterocycles. The van der Waals surface area contributed by atoms with Gasteiger partial charge in [0, 0.05) is 0 Å². The Labute approximate surface area is 79.6 Å². The molecule has 0 aromatic carbocycles. The molecule has 0 atom stereocenters. The fourth-order valence-electron chi connectivity index (χ4n) is 0. The Kier molecular flexibility index (Phi) is 23.6. The van der Waals surface area contributed by atoms with Crippen LogP contribution in [-0.4, -0.2) is 23.1 Å². The van der Waals surface area contributed by atoms with E-state index in [2.05, 4.69) is 20.8 Å². The molecular weight excluding hydrogens is 211 g/mol. The second-order valence-electron chi connectivity index (χ2n) is 1.56. The molecule has 0 aromatic heterocycles. The molecule has 7 heavy (non-hydrogen) atoms. The Balaban J connectivity index is -0.0000000800. The zero-order valence-corrected chi connectivity index (χ0v) is 8.86. The van der Waals surface area contributed by atoms with Crippen LogP contribution in [0.15, 0.2) is 0 Å². The summed E-state index contributed by atoms with van der Waals surface area (Å²) in [6, 6.07) is 0. The summed E-state index contributed by atoms with van der Waals surface area (Å²) in [5.41, 5.74) is 0. The number of hydrogen-bond donors (Lipinski definition) is 0. The van der Waals surface area contributed by atoms with E-state index in [1.54, 1.807) is 0 Å². The molecule has 0 fully saturated rings. The van der Waals surface area contributed by atoms with Crippen LogP contribution in [0.25, 0.3) is 0 Å². The molecule has 0 nitrogen and oxygen atoms in total. The third-order valence-corrected chi connectivity index (χ3v) is 0.707. The largest absolute Gasteiger partial charge is 2.00 e. The topological polar surface area (TPSA) is 0 Å². The van der Waals surface area contributed by atoms with Crippen LogP contribution < -0.4 is 24.0 Å². The van der Waals surface area contributed by atoms with E-state index in [-0.39, 0.29) is 47.0 Å². The quantitative estimate of drug-likeness (QED) is 0.292. The van der Waals surface area contributed by atoms with E-state index in [0.29, 0.717) is 0 Å². The van der Waals surface area contributed by atoms with Gasteiger partial charge >= 0.3 is 23.1 Å². The molecule has 2 heteroatoms. The van der Waals surface area contributed by atoms with E-state index in [9.17, 15) is 0 Å². The maximum Gasteiger partial charge on any atom is 2.00 e.